The van der Waals surface area contributed by atoms with Gasteiger partial charge in [0.25, 0.3) is 0 Å². The van der Waals surface area contributed by atoms with E-state index < -0.39 is 6.36 Å². The number of ether oxygens (including phenoxy) is 2. The van der Waals surface area contributed by atoms with Crippen molar-refractivity contribution in [1.29, 1.82) is 0 Å². The number of phenols is 1. The standard InChI is InChI=1S/C16H12F3N3O3/c1-24-14-7-12-11(6-13(14)23)15(21-8-20-12)22-9-2-4-10(5-3-9)25-16(17,18)19/h2-8,23H,1H3,(H,20,21,22). The lowest BCUT2D eigenvalue weighted by atomic mass is 10.2. The van der Waals surface area contributed by atoms with Crippen molar-refractivity contribution in [2.75, 3.05) is 12.4 Å². The van der Waals surface area contributed by atoms with E-state index in [1.807, 2.05) is 0 Å². The molecule has 1 heterocycles. The van der Waals surface area contributed by atoms with Crippen LogP contribution in [0, 0.1) is 0 Å². The molecule has 0 fully saturated rings. The molecule has 0 aliphatic rings. The van der Waals surface area contributed by atoms with Crippen LogP contribution in [-0.4, -0.2) is 28.5 Å². The van der Waals surface area contributed by atoms with Gasteiger partial charge in [0.1, 0.15) is 17.9 Å². The SMILES string of the molecule is COc1cc2ncnc(Nc3ccc(OC(F)(F)F)cc3)c2cc1O. The third-order valence-corrected chi connectivity index (χ3v) is 3.29. The van der Waals surface area contributed by atoms with Crippen molar-refractivity contribution in [3.05, 3.63) is 42.7 Å². The maximum atomic E-state index is 12.2. The van der Waals surface area contributed by atoms with Gasteiger partial charge in [-0.2, -0.15) is 0 Å². The molecule has 130 valence electrons. The lowest BCUT2D eigenvalue weighted by molar-refractivity contribution is -0.274. The Morgan fingerprint density at radius 2 is 1.80 bits per heavy atom. The molecule has 1 aromatic heterocycles. The molecule has 25 heavy (non-hydrogen) atoms. The van der Waals surface area contributed by atoms with Crippen molar-refractivity contribution < 1.29 is 27.8 Å². The van der Waals surface area contributed by atoms with Crippen LogP contribution in [0.3, 0.4) is 0 Å². The summed E-state index contributed by atoms with van der Waals surface area (Å²) in [5.41, 5.74) is 1.02. The molecule has 2 aromatic carbocycles. The molecule has 3 rings (SSSR count). The lowest BCUT2D eigenvalue weighted by Gasteiger charge is -2.12. The number of nitrogens with one attached hydrogen (secondary N) is 1. The van der Waals surface area contributed by atoms with Crippen LogP contribution in [0.1, 0.15) is 0 Å². The zero-order valence-electron chi connectivity index (χ0n) is 12.8. The van der Waals surface area contributed by atoms with Crippen LogP contribution in [0.2, 0.25) is 0 Å². The summed E-state index contributed by atoms with van der Waals surface area (Å²) >= 11 is 0. The Labute approximate surface area is 139 Å². The molecule has 6 nitrogen and oxygen atoms in total. The minimum absolute atomic E-state index is 0.0817. The molecule has 3 aromatic rings. The summed E-state index contributed by atoms with van der Waals surface area (Å²) in [6.07, 6.45) is -3.42. The van der Waals surface area contributed by atoms with Crippen LogP contribution in [0.25, 0.3) is 10.9 Å². The molecule has 0 saturated heterocycles. The Morgan fingerprint density at radius 3 is 2.44 bits per heavy atom. The highest BCUT2D eigenvalue weighted by Gasteiger charge is 2.30. The van der Waals surface area contributed by atoms with Crippen molar-refractivity contribution in [3.8, 4) is 17.2 Å². The number of hydrogen-bond donors (Lipinski definition) is 2. The number of aromatic nitrogens is 2. The van der Waals surface area contributed by atoms with E-state index in [0.29, 0.717) is 22.4 Å². The van der Waals surface area contributed by atoms with E-state index in [2.05, 4.69) is 20.0 Å². The summed E-state index contributed by atoms with van der Waals surface area (Å²) in [4.78, 5) is 8.20. The zero-order chi connectivity index (χ0) is 18.0. The number of phenolic OH excluding ortho intramolecular Hbond substituents is 1. The summed E-state index contributed by atoms with van der Waals surface area (Å²) in [5.74, 6) is 0.244. The van der Waals surface area contributed by atoms with Gasteiger partial charge in [0.05, 0.1) is 12.6 Å². The van der Waals surface area contributed by atoms with Crippen molar-refractivity contribution in [3.63, 3.8) is 0 Å². The highest BCUT2D eigenvalue weighted by molar-refractivity contribution is 5.92. The first-order chi connectivity index (χ1) is 11.9. The number of halogens is 3. The summed E-state index contributed by atoms with van der Waals surface area (Å²) < 4.78 is 45.4. The Kier molecular flexibility index (Phi) is 4.22. The Balaban J connectivity index is 1.89. The van der Waals surface area contributed by atoms with E-state index in [0.717, 1.165) is 0 Å². The fourth-order valence-electron chi connectivity index (χ4n) is 2.21. The smallest absolute Gasteiger partial charge is 0.504 e. The van der Waals surface area contributed by atoms with Crippen molar-refractivity contribution in [1.82, 2.24) is 9.97 Å². The number of anilines is 2. The van der Waals surface area contributed by atoms with Crippen LogP contribution in [0.4, 0.5) is 24.7 Å². The largest absolute Gasteiger partial charge is 0.573 e. The molecule has 0 atom stereocenters. The Bertz CT molecular complexity index is 899. The summed E-state index contributed by atoms with van der Waals surface area (Å²) in [6.45, 7) is 0. The topological polar surface area (TPSA) is 76.5 Å². The second-order valence-electron chi connectivity index (χ2n) is 4.96. The molecule has 0 radical (unpaired) electrons. The number of benzene rings is 2. The molecule has 9 heteroatoms. The van der Waals surface area contributed by atoms with Crippen LogP contribution in [-0.2, 0) is 0 Å². The van der Waals surface area contributed by atoms with Gasteiger partial charge in [-0.25, -0.2) is 9.97 Å². The van der Waals surface area contributed by atoms with Crippen LogP contribution in [0.15, 0.2) is 42.7 Å². The third-order valence-electron chi connectivity index (χ3n) is 3.29. The summed E-state index contributed by atoms with van der Waals surface area (Å²) in [7, 11) is 1.42. The first-order valence-electron chi connectivity index (χ1n) is 7.00. The molecule has 0 aliphatic heterocycles. The van der Waals surface area contributed by atoms with Gasteiger partial charge in [0, 0.05) is 17.1 Å². The number of nitrogens with zero attached hydrogens (tertiary/aromatic N) is 2. The van der Waals surface area contributed by atoms with Gasteiger partial charge >= 0.3 is 6.36 Å². The molecule has 0 unspecified atom stereocenters. The van der Waals surface area contributed by atoms with Crippen LogP contribution in [0.5, 0.6) is 17.2 Å². The fourth-order valence-corrected chi connectivity index (χ4v) is 2.21. The van der Waals surface area contributed by atoms with Gasteiger partial charge in [-0.15, -0.1) is 13.2 Å². The molecule has 0 spiro atoms. The number of hydrogen-bond acceptors (Lipinski definition) is 6. The predicted octanol–water partition coefficient (Wildman–Crippen LogP) is 3.99. The minimum Gasteiger partial charge on any atom is -0.504 e. The van der Waals surface area contributed by atoms with Gasteiger partial charge in [-0.1, -0.05) is 0 Å². The second kappa shape index (κ2) is 6.34. The van der Waals surface area contributed by atoms with E-state index in [9.17, 15) is 18.3 Å². The number of rotatable bonds is 4. The fraction of sp³-hybridized carbons (Fsp3) is 0.125. The van der Waals surface area contributed by atoms with Crippen molar-refractivity contribution in [2.24, 2.45) is 0 Å². The van der Waals surface area contributed by atoms with Gasteiger partial charge < -0.3 is 19.9 Å². The number of methoxy groups -OCH3 is 1. The second-order valence-corrected chi connectivity index (χ2v) is 4.96. The maximum Gasteiger partial charge on any atom is 0.573 e. The molecular weight excluding hydrogens is 339 g/mol. The van der Waals surface area contributed by atoms with Crippen molar-refractivity contribution >= 4 is 22.4 Å². The average Bonchev–Trinajstić information content (AvgIpc) is 2.55. The van der Waals surface area contributed by atoms with Gasteiger partial charge in [0.15, 0.2) is 11.5 Å². The van der Waals surface area contributed by atoms with E-state index in [-0.39, 0.29) is 17.2 Å². The normalized spacial score (nSPS) is 11.4. The molecule has 0 amide bonds. The summed E-state index contributed by atoms with van der Waals surface area (Å²) in [5, 5.41) is 13.4. The Hall–Kier alpha value is -3.23. The van der Waals surface area contributed by atoms with E-state index >= 15 is 0 Å². The predicted molar refractivity (Wildman–Crippen MR) is 84.2 cm³/mol. The molecule has 2 N–H and O–H groups in total. The molecule has 0 bridgehead atoms. The average molecular weight is 351 g/mol. The summed E-state index contributed by atoms with van der Waals surface area (Å²) in [6, 6.07) is 8.19. The van der Waals surface area contributed by atoms with Gasteiger partial charge in [-0.3, -0.25) is 0 Å². The number of aromatic hydroxyl groups is 1. The quantitative estimate of drug-likeness (QED) is 0.740. The third kappa shape index (κ3) is 3.82. The van der Waals surface area contributed by atoms with Crippen molar-refractivity contribution in [2.45, 2.75) is 6.36 Å². The van der Waals surface area contributed by atoms with Gasteiger partial charge in [0.2, 0.25) is 0 Å². The van der Waals surface area contributed by atoms with E-state index in [4.69, 9.17) is 4.74 Å². The highest BCUT2D eigenvalue weighted by atomic mass is 19.4. The maximum absolute atomic E-state index is 12.2. The highest BCUT2D eigenvalue weighted by Crippen LogP contribution is 2.34. The molecule has 0 saturated carbocycles. The van der Waals surface area contributed by atoms with E-state index in [1.165, 1.54) is 43.8 Å². The minimum atomic E-state index is -4.74. The lowest BCUT2D eigenvalue weighted by Crippen LogP contribution is -2.16. The van der Waals surface area contributed by atoms with Gasteiger partial charge in [-0.05, 0) is 30.3 Å². The van der Waals surface area contributed by atoms with Crippen LogP contribution >= 0.6 is 0 Å². The first kappa shape index (κ1) is 16.6. The monoisotopic (exact) mass is 351 g/mol. The molecule has 0 aliphatic carbocycles. The number of alkyl halides is 3. The zero-order valence-corrected chi connectivity index (χ0v) is 12.8. The van der Waals surface area contributed by atoms with Crippen LogP contribution < -0.4 is 14.8 Å². The Morgan fingerprint density at radius 1 is 1.08 bits per heavy atom. The first-order valence-corrected chi connectivity index (χ1v) is 7.00. The molecular formula is C16H12F3N3O3. The number of fused-ring (bicyclic) bond motifs is 1. The van der Waals surface area contributed by atoms with E-state index in [1.54, 1.807) is 6.07 Å².